The highest BCUT2D eigenvalue weighted by Crippen LogP contribution is 2.18. The van der Waals surface area contributed by atoms with E-state index in [0.29, 0.717) is 25.9 Å². The molecule has 442 valence electrons. The van der Waals surface area contributed by atoms with Crippen molar-refractivity contribution in [1.82, 2.24) is 5.32 Å². The molecule has 0 saturated heterocycles. The van der Waals surface area contributed by atoms with Crippen molar-refractivity contribution in [3.05, 3.63) is 36.5 Å². The summed E-state index contributed by atoms with van der Waals surface area (Å²) in [4.78, 5) is 24.5. The number of nitrogens with one attached hydrogen (secondary N) is 1. The van der Waals surface area contributed by atoms with Crippen LogP contribution < -0.4 is 5.32 Å². The Morgan fingerprint density at radius 3 is 1.03 bits per heavy atom. The Morgan fingerprint density at radius 2 is 0.667 bits per heavy atom. The number of aliphatic hydroxyl groups excluding tert-OH is 2. The van der Waals surface area contributed by atoms with E-state index < -0.39 is 12.1 Å². The van der Waals surface area contributed by atoms with Crippen molar-refractivity contribution in [2.24, 2.45) is 0 Å². The lowest BCUT2D eigenvalue weighted by Gasteiger charge is -2.22. The summed E-state index contributed by atoms with van der Waals surface area (Å²) in [5.74, 6) is -0.0272. The minimum Gasteiger partial charge on any atom is -0.466 e. The number of hydrogen-bond acceptors (Lipinski definition) is 5. The lowest BCUT2D eigenvalue weighted by atomic mass is 10.0. The van der Waals surface area contributed by atoms with E-state index >= 15 is 0 Å². The van der Waals surface area contributed by atoms with Crippen LogP contribution in [0.25, 0.3) is 0 Å². The molecule has 3 N–H and O–H groups in total. The first-order chi connectivity index (χ1) is 37.0. The van der Waals surface area contributed by atoms with Crippen LogP contribution in [0, 0.1) is 0 Å². The molecule has 1 amide bonds. The first-order valence-corrected chi connectivity index (χ1v) is 33.7. The predicted octanol–water partition coefficient (Wildman–Crippen LogP) is 21.5. The Balaban J connectivity index is 3.36. The zero-order valence-corrected chi connectivity index (χ0v) is 50.5. The zero-order chi connectivity index (χ0) is 54.3. The SMILES string of the molecule is CCCCCCCC/C=C\CCCCCCCC(=O)OCCCCCCCCCCC/C=C\C/C=C\CCCCCCCCCCCCCCCCCCCC(=O)NC(CO)C(O)CCCCCCCCCCCC. The fourth-order valence-electron chi connectivity index (χ4n) is 10.5. The summed E-state index contributed by atoms with van der Waals surface area (Å²) in [5, 5.41) is 23.2. The number of amides is 1. The van der Waals surface area contributed by atoms with Crippen LogP contribution in [0.3, 0.4) is 0 Å². The van der Waals surface area contributed by atoms with Crippen molar-refractivity contribution in [1.29, 1.82) is 0 Å². The molecule has 2 unspecified atom stereocenters. The van der Waals surface area contributed by atoms with E-state index in [-0.39, 0.29) is 18.5 Å². The molecule has 0 bridgehead atoms. The van der Waals surface area contributed by atoms with E-state index in [4.69, 9.17) is 4.74 Å². The van der Waals surface area contributed by atoms with Gasteiger partial charge in [-0.25, -0.2) is 0 Å². The van der Waals surface area contributed by atoms with Crippen molar-refractivity contribution >= 4 is 11.9 Å². The van der Waals surface area contributed by atoms with Gasteiger partial charge in [0.15, 0.2) is 0 Å². The molecule has 0 aliphatic heterocycles. The molecular weight excluding hydrogens is 923 g/mol. The van der Waals surface area contributed by atoms with Crippen LogP contribution in [-0.2, 0) is 14.3 Å². The van der Waals surface area contributed by atoms with Gasteiger partial charge in [-0.05, 0) is 83.5 Å². The van der Waals surface area contributed by atoms with E-state index in [1.807, 2.05) is 0 Å². The average molecular weight is 1050 g/mol. The summed E-state index contributed by atoms with van der Waals surface area (Å²) in [6.45, 7) is 4.95. The van der Waals surface area contributed by atoms with Crippen molar-refractivity contribution in [3.8, 4) is 0 Å². The van der Waals surface area contributed by atoms with Gasteiger partial charge in [-0.2, -0.15) is 0 Å². The van der Waals surface area contributed by atoms with Gasteiger partial charge in [0.2, 0.25) is 5.91 Å². The van der Waals surface area contributed by atoms with Crippen molar-refractivity contribution in [2.75, 3.05) is 13.2 Å². The number of carbonyl (C=O) groups is 2. The van der Waals surface area contributed by atoms with Crippen LogP contribution >= 0.6 is 0 Å². The molecule has 0 fully saturated rings. The van der Waals surface area contributed by atoms with Gasteiger partial charge in [-0.15, -0.1) is 0 Å². The summed E-state index contributed by atoms with van der Waals surface area (Å²) in [6.07, 6.45) is 82.0. The summed E-state index contributed by atoms with van der Waals surface area (Å²) in [5.41, 5.74) is 0. The second kappa shape index (κ2) is 64.6. The number of allylic oxidation sites excluding steroid dienone is 6. The molecule has 6 heteroatoms. The number of rotatable bonds is 63. The highest BCUT2D eigenvalue weighted by Gasteiger charge is 2.20. The van der Waals surface area contributed by atoms with Crippen LogP contribution in [0.1, 0.15) is 367 Å². The van der Waals surface area contributed by atoms with Gasteiger partial charge in [0.05, 0.1) is 25.4 Å². The van der Waals surface area contributed by atoms with Crippen molar-refractivity contribution < 1.29 is 24.5 Å². The first kappa shape index (κ1) is 73.1. The highest BCUT2D eigenvalue weighted by atomic mass is 16.5. The molecular formula is C69H131NO5. The topological polar surface area (TPSA) is 95.9 Å². The summed E-state index contributed by atoms with van der Waals surface area (Å²) < 4.78 is 5.48. The summed E-state index contributed by atoms with van der Waals surface area (Å²) >= 11 is 0. The van der Waals surface area contributed by atoms with Crippen molar-refractivity contribution in [2.45, 2.75) is 379 Å². The normalized spacial score (nSPS) is 12.7. The lowest BCUT2D eigenvalue weighted by molar-refractivity contribution is -0.143. The van der Waals surface area contributed by atoms with Crippen LogP contribution in [0.2, 0.25) is 0 Å². The van der Waals surface area contributed by atoms with E-state index in [1.54, 1.807) is 0 Å². The number of unbranched alkanes of at least 4 members (excludes halogenated alkanes) is 46. The Labute approximate surface area is 468 Å². The Bertz CT molecular complexity index is 1210. The minimum atomic E-state index is -0.661. The molecule has 0 aromatic carbocycles. The molecule has 0 aromatic heterocycles. The molecule has 0 heterocycles. The van der Waals surface area contributed by atoms with Gasteiger partial charge in [-0.1, -0.05) is 307 Å². The average Bonchev–Trinajstić information content (AvgIpc) is 3.41. The van der Waals surface area contributed by atoms with Crippen LogP contribution in [-0.4, -0.2) is 47.4 Å². The zero-order valence-electron chi connectivity index (χ0n) is 50.5. The molecule has 75 heavy (non-hydrogen) atoms. The maximum absolute atomic E-state index is 12.4. The Morgan fingerprint density at radius 1 is 0.373 bits per heavy atom. The fraction of sp³-hybridized carbons (Fsp3) is 0.884. The maximum Gasteiger partial charge on any atom is 0.305 e. The number of carbonyl (C=O) groups excluding carboxylic acids is 2. The van der Waals surface area contributed by atoms with Crippen LogP contribution in [0.5, 0.6) is 0 Å². The molecule has 6 nitrogen and oxygen atoms in total. The molecule has 0 aliphatic carbocycles. The van der Waals surface area contributed by atoms with Gasteiger partial charge in [0.1, 0.15) is 0 Å². The molecule has 0 aromatic rings. The highest BCUT2D eigenvalue weighted by molar-refractivity contribution is 5.76. The number of aliphatic hydroxyl groups is 2. The number of ether oxygens (including phenoxy) is 1. The van der Waals surface area contributed by atoms with E-state index in [1.165, 1.54) is 283 Å². The molecule has 2 atom stereocenters. The monoisotopic (exact) mass is 1050 g/mol. The third kappa shape index (κ3) is 61.2. The molecule has 0 spiro atoms. The van der Waals surface area contributed by atoms with Gasteiger partial charge in [0, 0.05) is 12.8 Å². The molecule has 0 aliphatic rings. The lowest BCUT2D eigenvalue weighted by Crippen LogP contribution is -2.45. The van der Waals surface area contributed by atoms with Crippen LogP contribution in [0.4, 0.5) is 0 Å². The van der Waals surface area contributed by atoms with Crippen molar-refractivity contribution in [3.63, 3.8) is 0 Å². The fourth-order valence-corrected chi connectivity index (χ4v) is 10.5. The maximum atomic E-state index is 12.4. The van der Waals surface area contributed by atoms with E-state index in [0.717, 1.165) is 51.4 Å². The van der Waals surface area contributed by atoms with E-state index in [2.05, 4.69) is 55.6 Å². The quantitative estimate of drug-likeness (QED) is 0.0320. The second-order valence-corrected chi connectivity index (χ2v) is 23.1. The van der Waals surface area contributed by atoms with E-state index in [9.17, 15) is 19.8 Å². The number of hydrogen-bond donors (Lipinski definition) is 3. The third-order valence-corrected chi connectivity index (χ3v) is 15.7. The smallest absolute Gasteiger partial charge is 0.305 e. The molecule has 0 radical (unpaired) electrons. The standard InChI is InChI=1S/C69H131NO5/c1-3-5-7-9-11-13-15-16-36-40-43-47-51-55-59-63-69(74)75-64-60-56-52-48-44-41-38-35-33-31-29-27-25-23-21-19-17-18-20-22-24-26-28-30-32-34-37-39-42-46-50-54-58-62-68(73)70-66(65-71)67(72)61-57-53-49-45-14-12-10-8-6-4-2/h16,21,23,27,29,36,66-67,71-72H,3-15,17-20,22,24-26,28,30-35,37-65H2,1-2H3,(H,70,73)/b23-21-,29-27-,36-16-. The molecule has 0 saturated carbocycles. The summed E-state index contributed by atoms with van der Waals surface area (Å²) in [7, 11) is 0. The largest absolute Gasteiger partial charge is 0.466 e. The first-order valence-electron chi connectivity index (χ1n) is 33.7. The second-order valence-electron chi connectivity index (χ2n) is 23.1. The Hall–Kier alpha value is -1.92. The van der Waals surface area contributed by atoms with Gasteiger partial charge >= 0.3 is 5.97 Å². The van der Waals surface area contributed by atoms with Gasteiger partial charge < -0.3 is 20.3 Å². The third-order valence-electron chi connectivity index (χ3n) is 15.7. The predicted molar refractivity (Wildman–Crippen MR) is 329 cm³/mol. The van der Waals surface area contributed by atoms with Gasteiger partial charge in [0.25, 0.3) is 0 Å². The van der Waals surface area contributed by atoms with Crippen LogP contribution in [0.15, 0.2) is 36.5 Å². The number of esters is 1. The molecule has 0 rings (SSSR count). The summed E-state index contributed by atoms with van der Waals surface area (Å²) in [6, 6.07) is -0.538. The minimum absolute atomic E-state index is 0.00636. The van der Waals surface area contributed by atoms with Gasteiger partial charge in [-0.3, -0.25) is 9.59 Å². The Kier molecular flexibility index (Phi) is 63.0.